The number of carbonyl (C=O) groups excluding carboxylic acids is 1. The molecule has 1 aliphatic heterocycles. The average molecular weight is 311 g/mol. The fraction of sp³-hybridized carbons (Fsp3) is 0.316. The Morgan fingerprint density at radius 3 is 1.43 bits per heavy atom. The summed E-state index contributed by atoms with van der Waals surface area (Å²) in [4.78, 5) is 12.7. The van der Waals surface area contributed by atoms with Crippen molar-refractivity contribution in [2.75, 3.05) is 0 Å². The average Bonchev–Trinajstić information content (AvgIpc) is 2.55. The van der Waals surface area contributed by atoms with Gasteiger partial charge in [-0.05, 0) is 35.4 Å². The van der Waals surface area contributed by atoms with E-state index in [9.17, 15) is 15.0 Å². The Morgan fingerprint density at radius 2 is 1.09 bits per heavy atom. The van der Waals surface area contributed by atoms with Crippen LogP contribution in [0.2, 0.25) is 0 Å². The highest BCUT2D eigenvalue weighted by Gasteiger charge is 2.40. The molecule has 3 rings (SSSR count). The minimum atomic E-state index is -0.136. The number of piperidine rings is 1. The van der Waals surface area contributed by atoms with Gasteiger partial charge in [0.15, 0.2) is 0 Å². The number of hydrogen-bond donors (Lipinski definition) is 3. The SMILES string of the molecule is C[C@@H]1C(=O)[C@H](C)[C@@H](c2ccc(O)cc2)N[C@H]1c1ccc(O)cc1. The van der Waals surface area contributed by atoms with Crippen LogP contribution in [-0.2, 0) is 4.79 Å². The summed E-state index contributed by atoms with van der Waals surface area (Å²) in [7, 11) is 0. The molecule has 4 atom stereocenters. The van der Waals surface area contributed by atoms with E-state index in [1.807, 2.05) is 38.1 Å². The summed E-state index contributed by atoms with van der Waals surface area (Å²) in [6, 6.07) is 13.8. The second-order valence-electron chi connectivity index (χ2n) is 6.28. The molecule has 4 heteroatoms. The van der Waals surface area contributed by atoms with Crippen molar-refractivity contribution >= 4 is 5.78 Å². The van der Waals surface area contributed by atoms with Gasteiger partial charge in [0.1, 0.15) is 17.3 Å². The van der Waals surface area contributed by atoms with Gasteiger partial charge >= 0.3 is 0 Å². The molecule has 1 fully saturated rings. The molecule has 1 aliphatic rings. The van der Waals surface area contributed by atoms with E-state index in [1.54, 1.807) is 24.3 Å². The van der Waals surface area contributed by atoms with E-state index in [-0.39, 0.29) is 41.2 Å². The van der Waals surface area contributed by atoms with Gasteiger partial charge in [-0.15, -0.1) is 0 Å². The molecule has 2 aromatic carbocycles. The van der Waals surface area contributed by atoms with E-state index >= 15 is 0 Å². The number of benzene rings is 2. The molecule has 1 heterocycles. The van der Waals surface area contributed by atoms with Crippen LogP contribution in [-0.4, -0.2) is 16.0 Å². The van der Waals surface area contributed by atoms with E-state index < -0.39 is 0 Å². The molecule has 1 saturated heterocycles. The third kappa shape index (κ3) is 2.94. The lowest BCUT2D eigenvalue weighted by molar-refractivity contribution is -0.130. The highest BCUT2D eigenvalue weighted by molar-refractivity contribution is 5.85. The van der Waals surface area contributed by atoms with Crippen LogP contribution >= 0.6 is 0 Å². The van der Waals surface area contributed by atoms with Crippen LogP contribution in [0.5, 0.6) is 11.5 Å². The Bertz CT molecular complexity index is 634. The zero-order chi connectivity index (χ0) is 16.6. The van der Waals surface area contributed by atoms with Crippen molar-refractivity contribution in [2.45, 2.75) is 25.9 Å². The zero-order valence-electron chi connectivity index (χ0n) is 13.2. The molecule has 0 unspecified atom stereocenters. The Labute approximate surface area is 135 Å². The number of ketones is 1. The fourth-order valence-electron chi connectivity index (χ4n) is 3.36. The summed E-state index contributed by atoms with van der Waals surface area (Å²) in [5, 5.41) is 22.5. The van der Waals surface area contributed by atoms with E-state index in [4.69, 9.17) is 0 Å². The summed E-state index contributed by atoms with van der Waals surface area (Å²) < 4.78 is 0. The van der Waals surface area contributed by atoms with Crippen LogP contribution in [0.1, 0.15) is 37.1 Å². The number of nitrogens with one attached hydrogen (secondary N) is 1. The minimum Gasteiger partial charge on any atom is -0.508 e. The lowest BCUT2D eigenvalue weighted by atomic mass is 9.76. The summed E-state index contributed by atoms with van der Waals surface area (Å²) in [6.07, 6.45) is 0. The first-order chi connectivity index (χ1) is 11.0. The Morgan fingerprint density at radius 1 is 0.739 bits per heavy atom. The molecular formula is C19H21NO3. The molecule has 2 aromatic rings. The van der Waals surface area contributed by atoms with Crippen molar-refractivity contribution in [3.05, 3.63) is 59.7 Å². The zero-order valence-corrected chi connectivity index (χ0v) is 13.2. The third-order valence-corrected chi connectivity index (χ3v) is 4.76. The van der Waals surface area contributed by atoms with Crippen molar-refractivity contribution < 1.29 is 15.0 Å². The number of carbonyl (C=O) groups is 1. The molecule has 0 aliphatic carbocycles. The van der Waals surface area contributed by atoms with Gasteiger partial charge in [0.05, 0.1) is 0 Å². The second kappa shape index (κ2) is 6.05. The van der Waals surface area contributed by atoms with Crippen LogP contribution < -0.4 is 5.32 Å². The normalized spacial score (nSPS) is 27.8. The Balaban J connectivity index is 1.94. The molecule has 0 saturated carbocycles. The summed E-state index contributed by atoms with van der Waals surface area (Å²) >= 11 is 0. The highest BCUT2D eigenvalue weighted by atomic mass is 16.3. The van der Waals surface area contributed by atoms with E-state index in [0.29, 0.717) is 0 Å². The maximum absolute atomic E-state index is 12.7. The number of Topliss-reactive ketones (excluding diaryl/α,β-unsaturated/α-hetero) is 1. The first-order valence-electron chi connectivity index (χ1n) is 7.85. The number of phenols is 2. The van der Waals surface area contributed by atoms with Crippen molar-refractivity contribution in [1.29, 1.82) is 0 Å². The molecule has 120 valence electrons. The Hall–Kier alpha value is -2.33. The maximum atomic E-state index is 12.7. The van der Waals surface area contributed by atoms with Gasteiger partial charge < -0.3 is 15.5 Å². The van der Waals surface area contributed by atoms with Crippen molar-refractivity contribution in [3.8, 4) is 11.5 Å². The quantitative estimate of drug-likeness (QED) is 0.796. The molecule has 4 nitrogen and oxygen atoms in total. The largest absolute Gasteiger partial charge is 0.508 e. The van der Waals surface area contributed by atoms with Gasteiger partial charge in [-0.3, -0.25) is 4.79 Å². The number of aromatic hydroxyl groups is 2. The van der Waals surface area contributed by atoms with E-state index in [1.165, 1.54) is 0 Å². The number of rotatable bonds is 2. The van der Waals surface area contributed by atoms with Crippen molar-refractivity contribution in [1.82, 2.24) is 5.32 Å². The molecule has 23 heavy (non-hydrogen) atoms. The van der Waals surface area contributed by atoms with Crippen molar-refractivity contribution in [3.63, 3.8) is 0 Å². The third-order valence-electron chi connectivity index (χ3n) is 4.76. The molecule has 0 spiro atoms. The number of phenolic OH excluding ortho intramolecular Hbond substituents is 2. The highest BCUT2D eigenvalue weighted by Crippen LogP contribution is 2.38. The summed E-state index contributed by atoms with van der Waals surface area (Å²) in [6.45, 7) is 3.88. The summed E-state index contributed by atoms with van der Waals surface area (Å²) in [5.74, 6) is 0.379. The van der Waals surface area contributed by atoms with Crippen LogP contribution in [0.25, 0.3) is 0 Å². The molecule has 0 radical (unpaired) electrons. The van der Waals surface area contributed by atoms with E-state index in [0.717, 1.165) is 11.1 Å². The predicted molar refractivity (Wildman–Crippen MR) is 88.2 cm³/mol. The standard InChI is InChI=1S/C19H21NO3/c1-11-17(13-3-7-15(21)8-4-13)20-18(12(2)19(11)23)14-5-9-16(22)10-6-14/h3-12,17-18,20-22H,1-2H3/t11-,12+,17+,18-. The van der Waals surface area contributed by atoms with Crippen LogP contribution in [0.4, 0.5) is 0 Å². The van der Waals surface area contributed by atoms with Gasteiger partial charge in [-0.1, -0.05) is 38.1 Å². The predicted octanol–water partition coefficient (Wildman–Crippen LogP) is 3.32. The van der Waals surface area contributed by atoms with Gasteiger partial charge in [-0.2, -0.15) is 0 Å². The van der Waals surface area contributed by atoms with Crippen LogP contribution in [0.15, 0.2) is 48.5 Å². The van der Waals surface area contributed by atoms with Crippen molar-refractivity contribution in [2.24, 2.45) is 11.8 Å². The first-order valence-corrected chi connectivity index (χ1v) is 7.85. The van der Waals surface area contributed by atoms with Crippen LogP contribution in [0, 0.1) is 11.8 Å². The monoisotopic (exact) mass is 311 g/mol. The second-order valence-corrected chi connectivity index (χ2v) is 6.28. The van der Waals surface area contributed by atoms with Gasteiger partial charge in [-0.25, -0.2) is 0 Å². The Kier molecular flexibility index (Phi) is 4.09. The molecule has 0 aromatic heterocycles. The molecule has 0 bridgehead atoms. The number of hydrogen-bond acceptors (Lipinski definition) is 4. The lowest BCUT2D eigenvalue weighted by Crippen LogP contribution is -2.46. The van der Waals surface area contributed by atoms with Gasteiger partial charge in [0, 0.05) is 23.9 Å². The smallest absolute Gasteiger partial charge is 0.142 e. The summed E-state index contributed by atoms with van der Waals surface area (Å²) in [5.41, 5.74) is 1.97. The van der Waals surface area contributed by atoms with Gasteiger partial charge in [0.2, 0.25) is 0 Å². The topological polar surface area (TPSA) is 69.6 Å². The molecule has 0 amide bonds. The molecular weight excluding hydrogens is 290 g/mol. The fourth-order valence-corrected chi connectivity index (χ4v) is 3.36. The van der Waals surface area contributed by atoms with Gasteiger partial charge in [0.25, 0.3) is 0 Å². The minimum absolute atomic E-state index is 0.0990. The van der Waals surface area contributed by atoms with E-state index in [2.05, 4.69) is 5.32 Å². The first kappa shape index (κ1) is 15.6. The maximum Gasteiger partial charge on any atom is 0.142 e. The molecule has 3 N–H and O–H groups in total. The van der Waals surface area contributed by atoms with Crippen LogP contribution in [0.3, 0.4) is 0 Å². The lowest BCUT2D eigenvalue weighted by Gasteiger charge is -2.39.